The third kappa shape index (κ3) is 3.60. The van der Waals surface area contributed by atoms with E-state index in [4.69, 9.17) is 4.74 Å². The maximum atomic E-state index is 13.0. The van der Waals surface area contributed by atoms with Gasteiger partial charge in [-0.3, -0.25) is 4.79 Å². The largest absolute Gasteiger partial charge is 0.456 e. The van der Waals surface area contributed by atoms with Crippen LogP contribution in [0, 0.1) is 5.82 Å². The lowest BCUT2D eigenvalue weighted by Gasteiger charge is -2.15. The van der Waals surface area contributed by atoms with E-state index in [2.05, 4.69) is 15.9 Å². The molecule has 7 heteroatoms. The highest BCUT2D eigenvalue weighted by Gasteiger charge is 2.35. The Balaban J connectivity index is 2.46. The first kappa shape index (κ1) is 15.5. The zero-order valence-corrected chi connectivity index (χ0v) is 11.8. The van der Waals surface area contributed by atoms with Gasteiger partial charge in [-0.2, -0.15) is 13.2 Å². The van der Waals surface area contributed by atoms with Gasteiger partial charge in [-0.05, 0) is 52.3 Å². The van der Waals surface area contributed by atoms with Crippen LogP contribution in [0.5, 0.6) is 11.5 Å². The molecule has 2 nitrogen and oxygen atoms in total. The molecular weight excluding hydrogens is 356 g/mol. The van der Waals surface area contributed by atoms with Crippen LogP contribution in [0.2, 0.25) is 0 Å². The van der Waals surface area contributed by atoms with Gasteiger partial charge in [0, 0.05) is 5.56 Å². The highest BCUT2D eigenvalue weighted by Crippen LogP contribution is 2.40. The van der Waals surface area contributed by atoms with Crippen molar-refractivity contribution in [3.63, 3.8) is 0 Å². The summed E-state index contributed by atoms with van der Waals surface area (Å²) >= 11 is 3.01. The molecule has 0 aliphatic rings. The number of carbonyl (C=O) groups is 1. The molecule has 0 aromatic heterocycles. The number of hydrogen-bond acceptors (Lipinski definition) is 2. The van der Waals surface area contributed by atoms with E-state index in [1.807, 2.05) is 0 Å². The molecule has 0 bridgehead atoms. The molecular formula is C14H7BrF4O2. The molecule has 2 aromatic carbocycles. The molecule has 0 saturated heterocycles. The maximum Gasteiger partial charge on any atom is 0.420 e. The number of hydrogen-bond donors (Lipinski definition) is 0. The second kappa shape index (κ2) is 5.85. The Bertz CT molecular complexity index is 683. The predicted molar refractivity (Wildman–Crippen MR) is 71.0 cm³/mol. The minimum absolute atomic E-state index is 0.0285. The van der Waals surface area contributed by atoms with Crippen molar-refractivity contribution in [2.75, 3.05) is 0 Å². The molecule has 0 fully saturated rings. The zero-order chi connectivity index (χ0) is 15.6. The highest BCUT2D eigenvalue weighted by molar-refractivity contribution is 9.10. The molecule has 2 rings (SSSR count). The minimum Gasteiger partial charge on any atom is -0.456 e. The lowest BCUT2D eigenvalue weighted by Crippen LogP contribution is -2.08. The van der Waals surface area contributed by atoms with Crippen molar-refractivity contribution in [3.05, 3.63) is 57.8 Å². The third-order valence-electron chi connectivity index (χ3n) is 2.56. The van der Waals surface area contributed by atoms with Gasteiger partial charge < -0.3 is 4.74 Å². The van der Waals surface area contributed by atoms with Crippen LogP contribution in [-0.4, -0.2) is 6.29 Å². The molecule has 0 amide bonds. The smallest absolute Gasteiger partial charge is 0.420 e. The summed E-state index contributed by atoms with van der Waals surface area (Å²) in [6.45, 7) is 0. The molecule has 2 aromatic rings. The Morgan fingerprint density at radius 1 is 1.05 bits per heavy atom. The van der Waals surface area contributed by atoms with Gasteiger partial charge >= 0.3 is 6.18 Å². The predicted octanol–water partition coefficient (Wildman–Crippen LogP) is 5.21. The quantitative estimate of drug-likeness (QED) is 0.553. The number of carbonyl (C=O) groups excluding carboxylic acids is 1. The Hall–Kier alpha value is -1.89. The summed E-state index contributed by atoms with van der Waals surface area (Å²) in [5.74, 6) is -0.997. The number of aldehydes is 1. The Morgan fingerprint density at radius 3 is 2.29 bits per heavy atom. The second-order valence-corrected chi connectivity index (χ2v) is 4.90. The Labute approximate surface area is 125 Å². The molecule has 21 heavy (non-hydrogen) atoms. The normalized spacial score (nSPS) is 11.3. The van der Waals surface area contributed by atoms with Crippen molar-refractivity contribution < 1.29 is 27.1 Å². The van der Waals surface area contributed by atoms with E-state index in [9.17, 15) is 22.4 Å². The average Bonchev–Trinajstić information content (AvgIpc) is 2.41. The summed E-state index contributed by atoms with van der Waals surface area (Å²) in [6, 6.07) is 6.28. The fourth-order valence-electron chi connectivity index (χ4n) is 1.61. The molecule has 0 unspecified atom stereocenters. The monoisotopic (exact) mass is 362 g/mol. The first-order valence-corrected chi connectivity index (χ1v) is 6.40. The first-order chi connectivity index (χ1) is 9.81. The Kier molecular flexibility index (Phi) is 4.32. The SMILES string of the molecule is O=Cc1ccc(Oc2ccc(F)cc2Br)c(C(F)(F)F)c1. The standard InChI is InChI=1S/C14H7BrF4O2/c15-11-6-9(16)2-4-13(11)21-12-3-1-8(7-20)5-10(12)14(17,18)19/h1-7H. The lowest BCUT2D eigenvalue weighted by molar-refractivity contribution is -0.138. The van der Waals surface area contributed by atoms with Gasteiger partial charge in [0.25, 0.3) is 0 Å². The van der Waals surface area contributed by atoms with Crippen LogP contribution in [0.25, 0.3) is 0 Å². The molecule has 0 aliphatic heterocycles. The van der Waals surface area contributed by atoms with Crippen molar-refractivity contribution in [2.45, 2.75) is 6.18 Å². The molecule has 0 heterocycles. The van der Waals surface area contributed by atoms with Crippen LogP contribution >= 0.6 is 15.9 Å². The minimum atomic E-state index is -4.68. The van der Waals surface area contributed by atoms with E-state index in [1.54, 1.807) is 0 Å². The third-order valence-corrected chi connectivity index (χ3v) is 3.18. The molecule has 0 aliphatic carbocycles. The fraction of sp³-hybridized carbons (Fsp3) is 0.0714. The number of ether oxygens (including phenoxy) is 1. The molecule has 0 saturated carbocycles. The van der Waals surface area contributed by atoms with Gasteiger partial charge in [-0.15, -0.1) is 0 Å². The molecule has 0 spiro atoms. The van der Waals surface area contributed by atoms with E-state index in [0.29, 0.717) is 12.4 Å². The first-order valence-electron chi connectivity index (χ1n) is 5.60. The van der Waals surface area contributed by atoms with Crippen molar-refractivity contribution >= 4 is 22.2 Å². The number of benzene rings is 2. The van der Waals surface area contributed by atoms with Crippen LogP contribution in [0.3, 0.4) is 0 Å². The van der Waals surface area contributed by atoms with Crippen molar-refractivity contribution in [1.82, 2.24) is 0 Å². The second-order valence-electron chi connectivity index (χ2n) is 4.05. The molecule has 0 radical (unpaired) electrons. The van der Waals surface area contributed by atoms with Gasteiger partial charge in [0.1, 0.15) is 23.6 Å². The molecule has 0 atom stereocenters. The Morgan fingerprint density at radius 2 is 1.71 bits per heavy atom. The fourth-order valence-corrected chi connectivity index (χ4v) is 2.04. The van der Waals surface area contributed by atoms with Gasteiger partial charge in [0.05, 0.1) is 10.0 Å². The van der Waals surface area contributed by atoms with E-state index in [1.165, 1.54) is 12.1 Å². The van der Waals surface area contributed by atoms with E-state index in [-0.39, 0.29) is 15.8 Å². The summed E-state index contributed by atoms with van der Waals surface area (Å²) in [5, 5.41) is 0. The van der Waals surface area contributed by atoms with Gasteiger partial charge in [0.15, 0.2) is 0 Å². The van der Waals surface area contributed by atoms with E-state index < -0.39 is 23.3 Å². The topological polar surface area (TPSA) is 26.3 Å². The van der Waals surface area contributed by atoms with Crippen molar-refractivity contribution in [3.8, 4) is 11.5 Å². The highest BCUT2D eigenvalue weighted by atomic mass is 79.9. The summed E-state index contributed by atoms with van der Waals surface area (Å²) in [4.78, 5) is 10.6. The molecule has 110 valence electrons. The van der Waals surface area contributed by atoms with Gasteiger partial charge in [0.2, 0.25) is 0 Å². The zero-order valence-electron chi connectivity index (χ0n) is 10.2. The lowest BCUT2D eigenvalue weighted by atomic mass is 10.1. The number of rotatable bonds is 3. The maximum absolute atomic E-state index is 13.0. The van der Waals surface area contributed by atoms with Crippen LogP contribution in [0.15, 0.2) is 40.9 Å². The molecule has 0 N–H and O–H groups in total. The van der Waals surface area contributed by atoms with Crippen molar-refractivity contribution in [1.29, 1.82) is 0 Å². The van der Waals surface area contributed by atoms with Crippen LogP contribution < -0.4 is 4.74 Å². The summed E-state index contributed by atoms with van der Waals surface area (Å²) in [7, 11) is 0. The van der Waals surface area contributed by atoms with Crippen LogP contribution in [0.1, 0.15) is 15.9 Å². The summed E-state index contributed by atoms with van der Waals surface area (Å²) in [5.41, 5.74) is -1.20. The summed E-state index contributed by atoms with van der Waals surface area (Å²) in [6.07, 6.45) is -4.37. The number of halogens is 5. The van der Waals surface area contributed by atoms with Crippen LogP contribution in [0.4, 0.5) is 17.6 Å². The van der Waals surface area contributed by atoms with E-state index >= 15 is 0 Å². The average molecular weight is 363 g/mol. The number of alkyl halides is 3. The van der Waals surface area contributed by atoms with Gasteiger partial charge in [-0.1, -0.05) is 0 Å². The van der Waals surface area contributed by atoms with Crippen LogP contribution in [-0.2, 0) is 6.18 Å². The van der Waals surface area contributed by atoms with Crippen molar-refractivity contribution in [2.24, 2.45) is 0 Å². The van der Waals surface area contributed by atoms with Gasteiger partial charge in [-0.25, -0.2) is 4.39 Å². The van der Waals surface area contributed by atoms with E-state index in [0.717, 1.165) is 18.2 Å². The summed E-state index contributed by atoms with van der Waals surface area (Å²) < 4.78 is 57.2.